The number of likely N-dealkylation sites (N-methyl/N-ethyl adjacent to an activating group) is 1. The van der Waals surface area contributed by atoms with E-state index in [4.69, 9.17) is 11.6 Å². The van der Waals surface area contributed by atoms with Gasteiger partial charge in [-0.05, 0) is 31.4 Å². The van der Waals surface area contributed by atoms with Crippen LogP contribution in [-0.4, -0.2) is 41.1 Å². The average molecular weight is 313 g/mol. The van der Waals surface area contributed by atoms with Crippen molar-refractivity contribution >= 4 is 29.1 Å². The average Bonchev–Trinajstić information content (AvgIpc) is 2.50. The first-order chi connectivity index (χ1) is 9.96. The number of benzene rings is 1. The van der Waals surface area contributed by atoms with Crippen molar-refractivity contribution in [2.24, 2.45) is 0 Å². The van der Waals surface area contributed by atoms with Crippen LogP contribution in [0.25, 0.3) is 0 Å². The zero-order valence-corrected chi connectivity index (χ0v) is 13.4. The van der Waals surface area contributed by atoms with Crippen LogP contribution >= 0.6 is 11.6 Å². The molecule has 21 heavy (non-hydrogen) atoms. The van der Waals surface area contributed by atoms with Crippen molar-refractivity contribution in [2.75, 3.05) is 23.9 Å². The van der Waals surface area contributed by atoms with E-state index in [-0.39, 0.29) is 24.9 Å². The first-order valence-electron chi connectivity index (χ1n) is 6.90. The standard InChI is InChI=1S/C15H21ClN2O3/c1-4-12-8-6-7-11(3)15(12)17(13(19)9-16)10-14(20)18(21)5-2/h6-8,21H,4-5,9-10H2,1-3H3. The van der Waals surface area contributed by atoms with Crippen LogP contribution in [0, 0.1) is 6.92 Å². The molecule has 1 N–H and O–H groups in total. The molecule has 116 valence electrons. The van der Waals surface area contributed by atoms with Crippen LogP contribution in [0.5, 0.6) is 0 Å². The number of para-hydroxylation sites is 1. The Bertz CT molecular complexity index is 520. The first kappa shape index (κ1) is 17.5. The van der Waals surface area contributed by atoms with E-state index >= 15 is 0 Å². The maximum atomic E-state index is 12.1. The summed E-state index contributed by atoms with van der Waals surface area (Å²) >= 11 is 5.66. The van der Waals surface area contributed by atoms with Crippen molar-refractivity contribution in [3.05, 3.63) is 29.3 Å². The number of amides is 2. The van der Waals surface area contributed by atoms with Gasteiger partial charge >= 0.3 is 0 Å². The summed E-state index contributed by atoms with van der Waals surface area (Å²) in [5, 5.41) is 10.1. The summed E-state index contributed by atoms with van der Waals surface area (Å²) in [6, 6.07) is 5.70. The highest BCUT2D eigenvalue weighted by atomic mass is 35.5. The molecule has 0 aromatic heterocycles. The Morgan fingerprint density at radius 3 is 2.43 bits per heavy atom. The number of aryl methyl sites for hydroxylation is 2. The number of hydrogen-bond acceptors (Lipinski definition) is 3. The topological polar surface area (TPSA) is 60.9 Å². The molecule has 0 aliphatic carbocycles. The molecule has 0 aliphatic rings. The van der Waals surface area contributed by atoms with Gasteiger partial charge in [0.15, 0.2) is 0 Å². The van der Waals surface area contributed by atoms with Gasteiger partial charge in [-0.2, -0.15) is 0 Å². The second-order valence-corrected chi connectivity index (χ2v) is 4.93. The number of carbonyl (C=O) groups is 2. The normalized spacial score (nSPS) is 10.3. The van der Waals surface area contributed by atoms with Gasteiger partial charge in [-0.1, -0.05) is 25.1 Å². The lowest BCUT2D eigenvalue weighted by Gasteiger charge is -2.27. The van der Waals surface area contributed by atoms with Crippen LogP contribution < -0.4 is 4.90 Å². The largest absolute Gasteiger partial charge is 0.301 e. The minimum atomic E-state index is -0.540. The van der Waals surface area contributed by atoms with Crippen LogP contribution in [-0.2, 0) is 16.0 Å². The van der Waals surface area contributed by atoms with Gasteiger partial charge in [0.25, 0.3) is 5.91 Å². The monoisotopic (exact) mass is 312 g/mol. The lowest BCUT2D eigenvalue weighted by Crippen LogP contribution is -2.43. The lowest BCUT2D eigenvalue weighted by atomic mass is 10.0. The molecule has 2 amide bonds. The lowest BCUT2D eigenvalue weighted by molar-refractivity contribution is -0.162. The Morgan fingerprint density at radius 1 is 1.24 bits per heavy atom. The van der Waals surface area contributed by atoms with Gasteiger partial charge in [-0.3, -0.25) is 14.8 Å². The number of nitrogens with zero attached hydrogens (tertiary/aromatic N) is 2. The van der Waals surface area contributed by atoms with E-state index in [1.165, 1.54) is 4.90 Å². The van der Waals surface area contributed by atoms with Crippen LogP contribution in [0.3, 0.4) is 0 Å². The fourth-order valence-corrected chi connectivity index (χ4v) is 2.29. The minimum Gasteiger partial charge on any atom is -0.301 e. The van der Waals surface area contributed by atoms with Crippen molar-refractivity contribution in [1.82, 2.24) is 5.06 Å². The molecular weight excluding hydrogens is 292 g/mol. The van der Waals surface area contributed by atoms with Crippen LogP contribution in [0.4, 0.5) is 5.69 Å². The summed E-state index contributed by atoms with van der Waals surface area (Å²) in [6.07, 6.45) is 0.730. The number of alkyl halides is 1. The molecule has 0 unspecified atom stereocenters. The molecule has 1 rings (SSSR count). The van der Waals surface area contributed by atoms with Crippen molar-refractivity contribution in [1.29, 1.82) is 0 Å². The number of carbonyl (C=O) groups excluding carboxylic acids is 2. The van der Waals surface area contributed by atoms with E-state index in [1.54, 1.807) is 6.92 Å². The van der Waals surface area contributed by atoms with Gasteiger partial charge in [0.05, 0.1) is 5.69 Å². The molecule has 1 aromatic rings. The first-order valence-corrected chi connectivity index (χ1v) is 7.43. The van der Waals surface area contributed by atoms with E-state index in [9.17, 15) is 14.8 Å². The second kappa shape index (κ2) is 8.00. The minimum absolute atomic E-state index is 0.163. The quantitative estimate of drug-likeness (QED) is 0.498. The van der Waals surface area contributed by atoms with E-state index < -0.39 is 5.91 Å². The number of hydrogen-bond donors (Lipinski definition) is 1. The summed E-state index contributed by atoms with van der Waals surface area (Å²) in [5.41, 5.74) is 2.55. The number of anilines is 1. The third kappa shape index (κ3) is 4.19. The Hall–Kier alpha value is -1.59. The second-order valence-electron chi connectivity index (χ2n) is 4.66. The molecule has 0 saturated carbocycles. The number of hydroxylamine groups is 2. The molecule has 0 bridgehead atoms. The van der Waals surface area contributed by atoms with Crippen molar-refractivity contribution in [3.8, 4) is 0 Å². The van der Waals surface area contributed by atoms with Crippen LogP contribution in [0.15, 0.2) is 18.2 Å². The van der Waals surface area contributed by atoms with Gasteiger partial charge in [0.1, 0.15) is 12.4 Å². The predicted octanol–water partition coefficient (Wildman–Crippen LogP) is 2.37. The molecule has 0 atom stereocenters. The highest BCUT2D eigenvalue weighted by molar-refractivity contribution is 6.29. The molecule has 0 spiro atoms. The third-order valence-corrected chi connectivity index (χ3v) is 3.50. The van der Waals surface area contributed by atoms with Gasteiger partial charge in [0.2, 0.25) is 5.91 Å². The SMILES string of the molecule is CCc1cccc(C)c1N(CC(=O)N(O)CC)C(=O)CCl. The van der Waals surface area contributed by atoms with Crippen molar-refractivity contribution in [2.45, 2.75) is 27.2 Å². The van der Waals surface area contributed by atoms with Gasteiger partial charge in [0, 0.05) is 6.54 Å². The maximum absolute atomic E-state index is 12.1. The maximum Gasteiger partial charge on any atom is 0.265 e. The predicted molar refractivity (Wildman–Crippen MR) is 82.8 cm³/mol. The Labute approximate surface area is 130 Å². The molecule has 0 fully saturated rings. The van der Waals surface area contributed by atoms with E-state index in [0.717, 1.165) is 17.5 Å². The fraction of sp³-hybridized carbons (Fsp3) is 0.467. The molecule has 0 radical (unpaired) electrons. The third-order valence-electron chi connectivity index (χ3n) is 3.27. The Morgan fingerprint density at radius 2 is 1.90 bits per heavy atom. The van der Waals surface area contributed by atoms with Crippen LogP contribution in [0.1, 0.15) is 25.0 Å². The van der Waals surface area contributed by atoms with E-state index in [2.05, 4.69) is 0 Å². The summed E-state index contributed by atoms with van der Waals surface area (Å²) in [6.45, 7) is 5.44. The van der Waals surface area contributed by atoms with Gasteiger partial charge in [-0.15, -0.1) is 11.6 Å². The summed E-state index contributed by atoms with van der Waals surface area (Å²) in [5.74, 6) is -1.12. The van der Waals surface area contributed by atoms with Gasteiger partial charge in [-0.25, -0.2) is 5.06 Å². The molecule has 0 saturated heterocycles. The van der Waals surface area contributed by atoms with Crippen LogP contribution in [0.2, 0.25) is 0 Å². The number of halogens is 1. The highest BCUT2D eigenvalue weighted by Crippen LogP contribution is 2.26. The zero-order valence-electron chi connectivity index (χ0n) is 12.6. The van der Waals surface area contributed by atoms with Gasteiger partial charge < -0.3 is 4.90 Å². The summed E-state index contributed by atoms with van der Waals surface area (Å²) in [7, 11) is 0. The molecule has 6 heteroatoms. The summed E-state index contributed by atoms with van der Waals surface area (Å²) in [4.78, 5) is 25.4. The molecule has 0 heterocycles. The smallest absolute Gasteiger partial charge is 0.265 e. The molecule has 5 nitrogen and oxygen atoms in total. The van der Waals surface area contributed by atoms with Crippen molar-refractivity contribution in [3.63, 3.8) is 0 Å². The van der Waals surface area contributed by atoms with Crippen molar-refractivity contribution < 1.29 is 14.8 Å². The van der Waals surface area contributed by atoms with E-state index in [1.807, 2.05) is 32.0 Å². The highest BCUT2D eigenvalue weighted by Gasteiger charge is 2.23. The number of rotatable bonds is 6. The van der Waals surface area contributed by atoms with E-state index in [0.29, 0.717) is 10.8 Å². The fourth-order valence-electron chi connectivity index (χ4n) is 2.15. The Balaban J connectivity index is 3.21. The molecule has 1 aromatic carbocycles. The summed E-state index contributed by atoms with van der Waals surface area (Å²) < 4.78 is 0. The Kier molecular flexibility index (Phi) is 6.65. The molecule has 0 aliphatic heterocycles. The zero-order chi connectivity index (χ0) is 16.0. The molecular formula is C15H21ClN2O3.